The molecule has 0 aliphatic heterocycles. The van der Waals surface area contributed by atoms with E-state index in [-0.39, 0.29) is 11.1 Å². The van der Waals surface area contributed by atoms with Crippen molar-refractivity contribution in [3.63, 3.8) is 0 Å². The number of sulfonamides is 1. The van der Waals surface area contributed by atoms with Crippen molar-refractivity contribution in [3.05, 3.63) is 23.9 Å². The summed E-state index contributed by atoms with van der Waals surface area (Å²) in [5.74, 6) is 0.323. The number of pyridine rings is 1. The molecule has 1 heterocycles. The van der Waals surface area contributed by atoms with Gasteiger partial charge in [-0.2, -0.15) is 4.31 Å². The van der Waals surface area contributed by atoms with Crippen molar-refractivity contribution in [3.8, 4) is 0 Å². The van der Waals surface area contributed by atoms with Gasteiger partial charge in [-0.05, 0) is 24.5 Å². The number of rotatable bonds is 7. The predicted octanol–water partition coefficient (Wildman–Crippen LogP) is 1.62. The molecule has 5 nitrogen and oxygen atoms in total. The molecule has 0 aromatic carbocycles. The van der Waals surface area contributed by atoms with Gasteiger partial charge < -0.3 is 4.74 Å². The third-order valence-electron chi connectivity index (χ3n) is 2.99. The van der Waals surface area contributed by atoms with Gasteiger partial charge in [0, 0.05) is 31.8 Å². The topological polar surface area (TPSA) is 59.5 Å². The number of alkyl halides is 1. The zero-order valence-corrected chi connectivity index (χ0v) is 12.3. The first kappa shape index (κ1) is 14.7. The van der Waals surface area contributed by atoms with Crippen LogP contribution in [0.25, 0.3) is 0 Å². The Kier molecular flexibility index (Phi) is 4.78. The number of halogens is 1. The van der Waals surface area contributed by atoms with Crippen LogP contribution in [0.2, 0.25) is 0 Å². The van der Waals surface area contributed by atoms with Gasteiger partial charge in [-0.15, -0.1) is 11.6 Å². The summed E-state index contributed by atoms with van der Waals surface area (Å²) < 4.78 is 31.4. The van der Waals surface area contributed by atoms with Crippen molar-refractivity contribution in [2.24, 2.45) is 0 Å². The highest BCUT2D eigenvalue weighted by Crippen LogP contribution is 2.31. The molecular formula is C12H17ClN2O3S. The van der Waals surface area contributed by atoms with Crippen molar-refractivity contribution in [1.82, 2.24) is 9.29 Å². The Labute approximate surface area is 118 Å². The predicted molar refractivity (Wildman–Crippen MR) is 72.6 cm³/mol. The van der Waals surface area contributed by atoms with Gasteiger partial charge in [0.1, 0.15) is 0 Å². The summed E-state index contributed by atoms with van der Waals surface area (Å²) in [6.45, 7) is 0.748. The molecule has 0 bridgehead atoms. The fraction of sp³-hybridized carbons (Fsp3) is 0.583. The monoisotopic (exact) mass is 304 g/mol. The van der Waals surface area contributed by atoms with Gasteiger partial charge in [0.2, 0.25) is 0 Å². The Hall–Kier alpha value is -0.690. The largest absolute Gasteiger partial charge is 0.383 e. The van der Waals surface area contributed by atoms with E-state index in [1.807, 2.05) is 0 Å². The Morgan fingerprint density at radius 1 is 1.47 bits per heavy atom. The highest BCUT2D eigenvalue weighted by molar-refractivity contribution is 7.89. The van der Waals surface area contributed by atoms with Gasteiger partial charge in [0.05, 0.1) is 6.61 Å². The Morgan fingerprint density at radius 3 is 2.68 bits per heavy atom. The minimum atomic E-state index is -3.54. The molecule has 1 aliphatic rings. The number of ether oxygens (including phenoxy) is 1. The lowest BCUT2D eigenvalue weighted by Gasteiger charge is -2.20. The summed E-state index contributed by atoms with van der Waals surface area (Å²) in [5.41, 5.74) is 0.801. The zero-order valence-electron chi connectivity index (χ0n) is 10.8. The van der Waals surface area contributed by atoms with E-state index in [4.69, 9.17) is 16.3 Å². The van der Waals surface area contributed by atoms with Crippen LogP contribution in [0.5, 0.6) is 0 Å². The maximum atomic E-state index is 12.5. The molecule has 1 fully saturated rings. The quantitative estimate of drug-likeness (QED) is 0.718. The number of methoxy groups -OCH3 is 1. The van der Waals surface area contributed by atoms with Crippen molar-refractivity contribution >= 4 is 21.6 Å². The second kappa shape index (κ2) is 6.17. The van der Waals surface area contributed by atoms with Crippen LogP contribution in [0.3, 0.4) is 0 Å². The van der Waals surface area contributed by atoms with Crippen LogP contribution in [-0.4, -0.2) is 44.0 Å². The molecule has 0 amide bonds. The lowest BCUT2D eigenvalue weighted by atomic mass is 10.3. The van der Waals surface area contributed by atoms with Gasteiger partial charge >= 0.3 is 0 Å². The second-order valence-corrected chi connectivity index (χ2v) is 6.58. The molecule has 0 radical (unpaired) electrons. The van der Waals surface area contributed by atoms with Gasteiger partial charge in [-0.3, -0.25) is 0 Å². The Morgan fingerprint density at radius 2 is 2.21 bits per heavy atom. The van der Waals surface area contributed by atoms with Crippen LogP contribution in [0.1, 0.15) is 18.4 Å². The molecular weight excluding hydrogens is 288 g/mol. The molecule has 19 heavy (non-hydrogen) atoms. The molecule has 0 unspecified atom stereocenters. The van der Waals surface area contributed by atoms with Crippen LogP contribution in [0.4, 0.5) is 0 Å². The highest BCUT2D eigenvalue weighted by Gasteiger charge is 2.38. The lowest BCUT2D eigenvalue weighted by molar-refractivity contribution is 0.177. The molecule has 1 aromatic heterocycles. The van der Waals surface area contributed by atoms with E-state index >= 15 is 0 Å². The molecule has 2 rings (SSSR count). The van der Waals surface area contributed by atoms with Crippen LogP contribution in [0.15, 0.2) is 23.4 Å². The third kappa shape index (κ3) is 3.45. The molecule has 106 valence electrons. The normalized spacial score (nSPS) is 15.9. The molecule has 1 saturated carbocycles. The highest BCUT2D eigenvalue weighted by atomic mass is 35.5. The maximum absolute atomic E-state index is 12.5. The van der Waals surface area contributed by atoms with E-state index < -0.39 is 10.0 Å². The maximum Gasteiger partial charge on any atom is 0.260 e. The summed E-state index contributed by atoms with van der Waals surface area (Å²) in [6.07, 6.45) is 3.31. The minimum Gasteiger partial charge on any atom is -0.383 e. The summed E-state index contributed by atoms with van der Waals surface area (Å²) in [5, 5.41) is 0.0735. The number of nitrogens with zero attached hydrogens (tertiary/aromatic N) is 2. The van der Waals surface area contributed by atoms with Crippen molar-refractivity contribution in [2.75, 3.05) is 20.3 Å². The average molecular weight is 305 g/mol. The van der Waals surface area contributed by atoms with Crippen molar-refractivity contribution < 1.29 is 13.2 Å². The lowest BCUT2D eigenvalue weighted by Crippen LogP contribution is -2.36. The van der Waals surface area contributed by atoms with Crippen LogP contribution >= 0.6 is 11.6 Å². The smallest absolute Gasteiger partial charge is 0.260 e. The summed E-state index contributed by atoms with van der Waals surface area (Å²) in [6, 6.07) is 3.29. The zero-order chi connectivity index (χ0) is 13.9. The van der Waals surface area contributed by atoms with E-state index in [2.05, 4.69) is 4.98 Å². The fourth-order valence-corrected chi connectivity index (χ4v) is 3.55. The first-order valence-electron chi connectivity index (χ1n) is 6.11. The first-order valence-corrected chi connectivity index (χ1v) is 8.08. The summed E-state index contributed by atoms with van der Waals surface area (Å²) in [4.78, 5) is 4.01. The fourth-order valence-electron chi connectivity index (χ4n) is 1.81. The van der Waals surface area contributed by atoms with Gasteiger partial charge in [0.15, 0.2) is 5.03 Å². The van der Waals surface area contributed by atoms with Crippen molar-refractivity contribution in [1.29, 1.82) is 0 Å². The molecule has 0 spiro atoms. The van der Waals surface area contributed by atoms with Gasteiger partial charge in [0.25, 0.3) is 10.0 Å². The summed E-state index contributed by atoms with van der Waals surface area (Å²) >= 11 is 5.67. The number of hydrogen-bond donors (Lipinski definition) is 0. The summed E-state index contributed by atoms with van der Waals surface area (Å²) in [7, 11) is -1.98. The van der Waals surface area contributed by atoms with E-state index in [0.29, 0.717) is 19.0 Å². The molecule has 0 N–H and O–H groups in total. The molecule has 7 heteroatoms. The van der Waals surface area contributed by atoms with Gasteiger partial charge in [-0.1, -0.05) is 6.07 Å². The Balaban J connectivity index is 2.22. The SMILES string of the molecule is COCCN(C1CC1)S(=O)(=O)c1ccc(CCl)cn1. The minimum absolute atomic E-state index is 0.0735. The average Bonchev–Trinajstić information content (AvgIpc) is 3.23. The van der Waals surface area contributed by atoms with Crippen molar-refractivity contribution in [2.45, 2.75) is 29.8 Å². The van der Waals surface area contributed by atoms with E-state index in [1.54, 1.807) is 13.2 Å². The van der Waals surface area contributed by atoms with Crippen LogP contribution in [0, 0.1) is 0 Å². The molecule has 1 aromatic rings. The molecule has 1 aliphatic carbocycles. The van der Waals surface area contributed by atoms with Crippen LogP contribution in [-0.2, 0) is 20.6 Å². The van der Waals surface area contributed by atoms with E-state index in [0.717, 1.165) is 18.4 Å². The number of aromatic nitrogens is 1. The van der Waals surface area contributed by atoms with E-state index in [9.17, 15) is 8.42 Å². The standard InChI is InChI=1S/C12H17ClN2O3S/c1-18-7-6-15(11-3-4-11)19(16,17)12-5-2-10(8-13)9-14-12/h2,5,9,11H,3-4,6-8H2,1H3. The number of hydrogen-bond acceptors (Lipinski definition) is 4. The second-order valence-electron chi connectivity index (χ2n) is 4.48. The Bertz CT molecular complexity index is 514. The first-order chi connectivity index (χ1) is 9.09. The molecule has 0 saturated heterocycles. The third-order valence-corrected chi connectivity index (χ3v) is 5.17. The van der Waals surface area contributed by atoms with E-state index in [1.165, 1.54) is 16.6 Å². The van der Waals surface area contributed by atoms with Gasteiger partial charge in [-0.25, -0.2) is 13.4 Å². The van der Waals surface area contributed by atoms with Crippen LogP contribution < -0.4 is 0 Å². The molecule has 0 atom stereocenters.